The van der Waals surface area contributed by atoms with Crippen molar-refractivity contribution in [3.8, 4) is 5.75 Å². The van der Waals surface area contributed by atoms with Crippen LogP contribution in [0.3, 0.4) is 0 Å². The van der Waals surface area contributed by atoms with Crippen LogP contribution < -0.4 is 4.74 Å². The molecule has 3 nitrogen and oxygen atoms in total. The third-order valence-electron chi connectivity index (χ3n) is 3.91. The average Bonchev–Trinajstić information content (AvgIpc) is 2.56. The highest BCUT2D eigenvalue weighted by atomic mass is 19.1. The van der Waals surface area contributed by atoms with E-state index in [9.17, 15) is 4.39 Å². The molecule has 2 rings (SSSR count). The second-order valence-electron chi connectivity index (χ2n) is 5.87. The monoisotopic (exact) mass is 278 g/mol. The molecule has 1 heterocycles. The summed E-state index contributed by atoms with van der Waals surface area (Å²) in [5.41, 5.74) is -0.304. The Balaban J connectivity index is 2.12. The van der Waals surface area contributed by atoms with Gasteiger partial charge in [0.05, 0.1) is 18.3 Å². The summed E-state index contributed by atoms with van der Waals surface area (Å²) in [7, 11) is 1.04. The van der Waals surface area contributed by atoms with Crippen molar-refractivity contribution in [3.05, 3.63) is 35.6 Å². The number of rotatable bonds is 3. The summed E-state index contributed by atoms with van der Waals surface area (Å²) in [5, 5.41) is 0. The molecule has 0 atom stereocenters. The second-order valence-corrected chi connectivity index (χ2v) is 5.87. The van der Waals surface area contributed by atoms with Crippen LogP contribution >= 0.6 is 0 Å². The van der Waals surface area contributed by atoms with Gasteiger partial charge in [-0.15, -0.1) is 0 Å². The Hall–Kier alpha value is -1.33. The first-order chi connectivity index (χ1) is 9.25. The van der Waals surface area contributed by atoms with Gasteiger partial charge in [-0.2, -0.15) is 0 Å². The Morgan fingerprint density at radius 1 is 1.15 bits per heavy atom. The first-order valence-corrected chi connectivity index (χ1v) is 6.62. The Kier molecular flexibility index (Phi) is 3.94. The van der Waals surface area contributed by atoms with Gasteiger partial charge in [0.25, 0.3) is 0 Å². The third kappa shape index (κ3) is 2.89. The molecule has 0 unspecified atom stereocenters. The molecule has 0 radical (unpaired) electrons. The number of hydrogen-bond donors (Lipinski definition) is 0. The van der Waals surface area contributed by atoms with Crippen LogP contribution in [0.5, 0.6) is 5.75 Å². The van der Waals surface area contributed by atoms with Crippen molar-refractivity contribution in [2.24, 2.45) is 0 Å². The lowest BCUT2D eigenvalue weighted by molar-refractivity contribution is 0.00578. The maximum absolute atomic E-state index is 13.8. The topological polar surface area (TPSA) is 27.7 Å². The van der Waals surface area contributed by atoms with E-state index in [-0.39, 0.29) is 17.0 Å². The van der Waals surface area contributed by atoms with Crippen LogP contribution in [0.1, 0.15) is 33.3 Å². The van der Waals surface area contributed by atoms with E-state index >= 15 is 0 Å². The summed E-state index contributed by atoms with van der Waals surface area (Å²) >= 11 is 0. The molecule has 0 saturated carbocycles. The number of benzene rings is 1. The lowest BCUT2D eigenvalue weighted by Gasteiger charge is -2.32. The minimum atomic E-state index is -0.471. The highest BCUT2D eigenvalue weighted by Gasteiger charge is 2.49. The summed E-state index contributed by atoms with van der Waals surface area (Å²) < 4.78 is 30.4. The molecule has 20 heavy (non-hydrogen) atoms. The molecule has 0 bridgehead atoms. The molecule has 0 spiro atoms. The molecule has 1 aromatic rings. The van der Waals surface area contributed by atoms with Gasteiger partial charge in [-0.25, -0.2) is 4.39 Å². The van der Waals surface area contributed by atoms with Crippen LogP contribution in [-0.4, -0.2) is 25.4 Å². The zero-order chi connectivity index (χ0) is 15.0. The molecule has 108 valence electrons. The summed E-state index contributed by atoms with van der Waals surface area (Å²) in [5.74, 6) is 1.88. The summed E-state index contributed by atoms with van der Waals surface area (Å²) in [6, 6.07) is 4.73. The lowest BCUT2D eigenvalue weighted by atomic mass is 9.89. The van der Waals surface area contributed by atoms with Crippen LogP contribution in [0.4, 0.5) is 4.39 Å². The highest BCUT2D eigenvalue weighted by molar-refractivity contribution is 6.52. The van der Waals surface area contributed by atoms with Crippen molar-refractivity contribution in [1.82, 2.24) is 0 Å². The quantitative estimate of drug-likeness (QED) is 0.792. The molecular weight excluding hydrogens is 258 g/mol. The fourth-order valence-electron chi connectivity index (χ4n) is 1.92. The van der Waals surface area contributed by atoms with Gasteiger partial charge in [-0.05, 0) is 39.8 Å². The summed E-state index contributed by atoms with van der Waals surface area (Å²) in [6.45, 7) is 7.92. The normalized spacial score (nSPS) is 20.6. The summed E-state index contributed by atoms with van der Waals surface area (Å²) in [4.78, 5) is 0. The smallest absolute Gasteiger partial charge is 0.487 e. The Morgan fingerprint density at radius 3 is 2.25 bits per heavy atom. The van der Waals surface area contributed by atoms with E-state index in [2.05, 4.69) is 0 Å². The van der Waals surface area contributed by atoms with Crippen LogP contribution in [-0.2, 0) is 9.31 Å². The minimum absolute atomic E-state index is 0.336. The van der Waals surface area contributed by atoms with E-state index < -0.39 is 7.12 Å². The molecule has 5 heteroatoms. The van der Waals surface area contributed by atoms with Crippen LogP contribution in [0.25, 0.3) is 6.08 Å². The average molecular weight is 278 g/mol. The van der Waals surface area contributed by atoms with Gasteiger partial charge < -0.3 is 14.0 Å². The highest BCUT2D eigenvalue weighted by Crippen LogP contribution is 2.37. The largest absolute Gasteiger partial charge is 0.497 e. The molecule has 0 aromatic heterocycles. The Morgan fingerprint density at radius 2 is 1.75 bits per heavy atom. The predicted molar refractivity (Wildman–Crippen MR) is 78.1 cm³/mol. The fraction of sp³-hybridized carbons (Fsp3) is 0.467. The van der Waals surface area contributed by atoms with Gasteiger partial charge in [0.15, 0.2) is 0 Å². The van der Waals surface area contributed by atoms with Crippen molar-refractivity contribution in [1.29, 1.82) is 0 Å². The molecular formula is C15H20BFO3. The van der Waals surface area contributed by atoms with E-state index in [1.807, 2.05) is 27.7 Å². The Bertz CT molecular complexity index is 510. The van der Waals surface area contributed by atoms with Gasteiger partial charge in [-0.1, -0.05) is 12.1 Å². The maximum Gasteiger partial charge on any atom is 0.487 e. The molecule has 0 N–H and O–H groups in total. The van der Waals surface area contributed by atoms with Crippen LogP contribution in [0, 0.1) is 5.82 Å². The van der Waals surface area contributed by atoms with Gasteiger partial charge in [0, 0.05) is 11.6 Å². The molecule has 1 aromatic carbocycles. The number of hydrogen-bond acceptors (Lipinski definition) is 3. The zero-order valence-corrected chi connectivity index (χ0v) is 12.6. The SMILES string of the molecule is COc1ccc(C=CB2OC(C)(C)C(C)(C)O2)c(F)c1. The first-order valence-electron chi connectivity index (χ1n) is 6.62. The van der Waals surface area contributed by atoms with Crippen LogP contribution in [0.15, 0.2) is 24.2 Å². The fourth-order valence-corrected chi connectivity index (χ4v) is 1.92. The summed E-state index contributed by atoms with van der Waals surface area (Å²) in [6.07, 6.45) is 1.66. The lowest BCUT2D eigenvalue weighted by Crippen LogP contribution is -2.41. The first kappa shape index (κ1) is 15.1. The molecule has 0 aliphatic carbocycles. The van der Waals surface area contributed by atoms with Gasteiger partial charge in [0.1, 0.15) is 11.6 Å². The van der Waals surface area contributed by atoms with Gasteiger partial charge >= 0.3 is 7.12 Å². The van der Waals surface area contributed by atoms with Gasteiger partial charge in [-0.3, -0.25) is 0 Å². The van der Waals surface area contributed by atoms with Crippen molar-refractivity contribution >= 4 is 13.2 Å². The standard InChI is InChI=1S/C15H20BFO3/c1-14(2)15(3,4)20-16(19-14)9-8-11-6-7-12(18-5)10-13(11)17/h6-10H,1-5H3. The molecule has 1 fully saturated rings. The van der Waals surface area contributed by atoms with Crippen LogP contribution in [0.2, 0.25) is 0 Å². The van der Waals surface area contributed by atoms with Gasteiger partial charge in [0.2, 0.25) is 0 Å². The second kappa shape index (κ2) is 5.22. The van der Waals surface area contributed by atoms with Crippen molar-refractivity contribution in [2.75, 3.05) is 7.11 Å². The maximum atomic E-state index is 13.8. The van der Waals surface area contributed by atoms with Crippen molar-refractivity contribution in [2.45, 2.75) is 38.9 Å². The third-order valence-corrected chi connectivity index (χ3v) is 3.91. The van der Waals surface area contributed by atoms with Crippen molar-refractivity contribution < 1.29 is 18.4 Å². The van der Waals surface area contributed by atoms with E-state index in [4.69, 9.17) is 14.0 Å². The van der Waals surface area contributed by atoms with Crippen molar-refractivity contribution in [3.63, 3.8) is 0 Å². The minimum Gasteiger partial charge on any atom is -0.497 e. The zero-order valence-electron chi connectivity index (χ0n) is 12.6. The molecule has 1 saturated heterocycles. The Labute approximate surface area is 119 Å². The van der Waals surface area contributed by atoms with E-state index in [1.165, 1.54) is 13.2 Å². The number of halogens is 1. The molecule has 0 amide bonds. The number of ether oxygens (including phenoxy) is 1. The van der Waals surface area contributed by atoms with E-state index in [0.717, 1.165) is 0 Å². The van der Waals surface area contributed by atoms with E-state index in [1.54, 1.807) is 24.2 Å². The molecule has 1 aliphatic rings. The predicted octanol–water partition coefficient (Wildman–Crippen LogP) is 3.48. The van der Waals surface area contributed by atoms with E-state index in [0.29, 0.717) is 11.3 Å². The number of methoxy groups -OCH3 is 1. The molecule has 1 aliphatic heterocycles.